The molecule has 0 spiro atoms. The molecule has 0 unspecified atom stereocenters. The number of likely N-dealkylation sites (N-methyl/N-ethyl adjacent to an activating group) is 1. The number of nitrogens with one attached hydrogen (secondary N) is 2. The molecule has 0 bridgehead atoms. The third-order valence-corrected chi connectivity index (χ3v) is 2.47. The number of carbonyl (C=O) groups is 1. The highest BCUT2D eigenvalue weighted by Gasteiger charge is 2.12. The Hall–Kier alpha value is -2.43. The van der Waals surface area contributed by atoms with Crippen molar-refractivity contribution in [3.8, 4) is 5.75 Å². The summed E-state index contributed by atoms with van der Waals surface area (Å²) in [5, 5.41) is 5.52. The molecule has 0 aromatic heterocycles. The second-order valence-electron chi connectivity index (χ2n) is 3.80. The van der Waals surface area contributed by atoms with Gasteiger partial charge in [0.1, 0.15) is 17.2 Å². The van der Waals surface area contributed by atoms with Gasteiger partial charge in [0.05, 0.1) is 0 Å². The number of anilines is 1. The maximum atomic E-state index is 11.5. The first-order chi connectivity index (χ1) is 8.69. The zero-order chi connectivity index (χ0) is 13.0. The third-order valence-electron chi connectivity index (χ3n) is 2.47. The van der Waals surface area contributed by atoms with Gasteiger partial charge in [-0.05, 0) is 30.3 Å². The van der Waals surface area contributed by atoms with E-state index in [0.29, 0.717) is 29.4 Å². The Kier molecular flexibility index (Phi) is 3.52. The number of ether oxygens (including phenoxy) is 1. The second kappa shape index (κ2) is 5.27. The molecule has 94 valence electrons. The van der Waals surface area contributed by atoms with E-state index in [0.717, 1.165) is 0 Å². The fraction of sp³-hybridized carbons (Fsp3) is 0.154. The summed E-state index contributed by atoms with van der Waals surface area (Å²) in [4.78, 5) is 11.5. The number of hydrogen-bond acceptors (Lipinski definition) is 4. The van der Waals surface area contributed by atoms with Crippen LogP contribution in [-0.2, 0) is 4.79 Å². The van der Waals surface area contributed by atoms with Gasteiger partial charge in [-0.15, -0.1) is 0 Å². The van der Waals surface area contributed by atoms with Crippen molar-refractivity contribution in [1.29, 1.82) is 0 Å². The molecule has 1 amide bonds. The Morgan fingerprint density at radius 2 is 2.11 bits per heavy atom. The van der Waals surface area contributed by atoms with Crippen molar-refractivity contribution in [3.63, 3.8) is 0 Å². The smallest absolute Gasteiger partial charge is 0.267 e. The molecule has 5 heteroatoms. The van der Waals surface area contributed by atoms with Gasteiger partial charge in [0, 0.05) is 25.4 Å². The third kappa shape index (κ3) is 2.82. The molecule has 1 aliphatic heterocycles. The molecule has 4 N–H and O–H groups in total. The Bertz CT molecular complexity index is 503. The Morgan fingerprint density at radius 3 is 2.78 bits per heavy atom. The Morgan fingerprint density at radius 1 is 1.39 bits per heavy atom. The molecule has 1 aromatic carbocycles. The van der Waals surface area contributed by atoms with Crippen molar-refractivity contribution in [2.24, 2.45) is 0 Å². The van der Waals surface area contributed by atoms with E-state index in [9.17, 15) is 4.79 Å². The van der Waals surface area contributed by atoms with E-state index in [1.54, 1.807) is 37.4 Å². The summed E-state index contributed by atoms with van der Waals surface area (Å²) in [6.45, 7) is 0.559. The maximum absolute atomic E-state index is 11.5. The van der Waals surface area contributed by atoms with Gasteiger partial charge in [-0.1, -0.05) is 0 Å². The summed E-state index contributed by atoms with van der Waals surface area (Å²) in [6, 6.07) is 7.10. The Balaban J connectivity index is 2.10. The molecule has 0 radical (unpaired) electrons. The van der Waals surface area contributed by atoms with Gasteiger partial charge in [0.25, 0.3) is 5.91 Å². The van der Waals surface area contributed by atoms with Gasteiger partial charge in [0.2, 0.25) is 0 Å². The first-order valence-electron chi connectivity index (χ1n) is 5.60. The summed E-state index contributed by atoms with van der Waals surface area (Å²) < 4.78 is 5.64. The predicted molar refractivity (Wildman–Crippen MR) is 69.7 cm³/mol. The number of allylic oxidation sites excluding steroid dienone is 1. The monoisotopic (exact) mass is 245 g/mol. The van der Waals surface area contributed by atoms with Crippen LogP contribution in [0, 0.1) is 0 Å². The molecule has 1 aliphatic rings. The average molecular weight is 245 g/mol. The highest BCUT2D eigenvalue weighted by molar-refractivity contribution is 5.93. The molecule has 2 rings (SSSR count). The van der Waals surface area contributed by atoms with Crippen LogP contribution in [0.1, 0.15) is 0 Å². The van der Waals surface area contributed by atoms with Crippen molar-refractivity contribution in [2.75, 3.05) is 19.3 Å². The maximum Gasteiger partial charge on any atom is 0.267 e. The van der Waals surface area contributed by atoms with Crippen molar-refractivity contribution >= 4 is 11.6 Å². The first kappa shape index (κ1) is 12.0. The van der Waals surface area contributed by atoms with Gasteiger partial charge < -0.3 is 21.1 Å². The van der Waals surface area contributed by atoms with Crippen molar-refractivity contribution < 1.29 is 9.53 Å². The lowest BCUT2D eigenvalue weighted by Gasteiger charge is -2.15. The van der Waals surface area contributed by atoms with E-state index in [-0.39, 0.29) is 5.91 Å². The number of benzene rings is 1. The number of carbonyl (C=O) groups excluding carboxylic acids is 1. The molecule has 0 aliphatic carbocycles. The summed E-state index contributed by atoms with van der Waals surface area (Å²) in [7, 11) is 1.59. The topological polar surface area (TPSA) is 76.4 Å². The van der Waals surface area contributed by atoms with Crippen LogP contribution < -0.4 is 21.1 Å². The lowest BCUT2D eigenvalue weighted by molar-refractivity contribution is -0.117. The molecule has 0 fully saturated rings. The minimum Gasteiger partial charge on any atom is -0.458 e. The molecule has 0 atom stereocenters. The SMILES string of the molecule is CNC(=O)C1=CC(Oc2ccc(N)cc2)=CCN1. The number of nitrogen functional groups attached to an aromatic ring is 1. The second-order valence-corrected chi connectivity index (χ2v) is 3.80. The van der Waals surface area contributed by atoms with Gasteiger partial charge in [0.15, 0.2) is 0 Å². The van der Waals surface area contributed by atoms with Crippen LogP contribution in [0.15, 0.2) is 47.9 Å². The summed E-state index contributed by atoms with van der Waals surface area (Å²) in [5.41, 5.74) is 6.77. The molecular formula is C13H15N3O2. The fourth-order valence-corrected chi connectivity index (χ4v) is 1.54. The highest BCUT2D eigenvalue weighted by atomic mass is 16.5. The molecular weight excluding hydrogens is 230 g/mol. The van der Waals surface area contributed by atoms with E-state index in [1.807, 2.05) is 6.08 Å². The number of nitrogens with two attached hydrogens (primary N) is 1. The highest BCUT2D eigenvalue weighted by Crippen LogP contribution is 2.18. The van der Waals surface area contributed by atoms with Crippen LogP contribution in [0.5, 0.6) is 5.75 Å². The minimum absolute atomic E-state index is 0.165. The van der Waals surface area contributed by atoms with E-state index < -0.39 is 0 Å². The van der Waals surface area contributed by atoms with Crippen LogP contribution in [0.4, 0.5) is 5.69 Å². The Labute approximate surface area is 105 Å². The number of dihydropyridines is 1. The van der Waals surface area contributed by atoms with E-state index >= 15 is 0 Å². The van der Waals surface area contributed by atoms with Crippen LogP contribution in [0.2, 0.25) is 0 Å². The minimum atomic E-state index is -0.165. The van der Waals surface area contributed by atoms with Crippen molar-refractivity contribution in [2.45, 2.75) is 0 Å². The van der Waals surface area contributed by atoms with Gasteiger partial charge in [-0.25, -0.2) is 0 Å². The number of amides is 1. The number of rotatable bonds is 3. The largest absolute Gasteiger partial charge is 0.458 e. The molecule has 1 aromatic rings. The molecule has 1 heterocycles. The summed E-state index contributed by atoms with van der Waals surface area (Å²) >= 11 is 0. The number of hydrogen-bond donors (Lipinski definition) is 3. The van der Waals surface area contributed by atoms with Gasteiger partial charge >= 0.3 is 0 Å². The van der Waals surface area contributed by atoms with Crippen LogP contribution in [0.25, 0.3) is 0 Å². The lowest BCUT2D eigenvalue weighted by atomic mass is 10.2. The molecule has 5 nitrogen and oxygen atoms in total. The fourth-order valence-electron chi connectivity index (χ4n) is 1.54. The summed E-state index contributed by atoms with van der Waals surface area (Å²) in [6.07, 6.45) is 3.53. The lowest BCUT2D eigenvalue weighted by Crippen LogP contribution is -2.31. The average Bonchev–Trinajstić information content (AvgIpc) is 2.41. The molecule has 18 heavy (non-hydrogen) atoms. The van der Waals surface area contributed by atoms with Crippen molar-refractivity contribution in [3.05, 3.63) is 47.9 Å². The van der Waals surface area contributed by atoms with Crippen LogP contribution in [-0.4, -0.2) is 19.5 Å². The van der Waals surface area contributed by atoms with E-state index in [1.165, 1.54) is 0 Å². The zero-order valence-electron chi connectivity index (χ0n) is 10.1. The first-order valence-corrected chi connectivity index (χ1v) is 5.60. The molecule has 0 saturated heterocycles. The van der Waals surface area contributed by atoms with Gasteiger partial charge in [-0.2, -0.15) is 0 Å². The quantitative estimate of drug-likeness (QED) is 0.687. The zero-order valence-corrected chi connectivity index (χ0v) is 10.1. The van der Waals surface area contributed by atoms with E-state index in [2.05, 4.69) is 10.6 Å². The summed E-state index contributed by atoms with van der Waals surface area (Å²) in [5.74, 6) is 1.16. The van der Waals surface area contributed by atoms with Crippen LogP contribution in [0.3, 0.4) is 0 Å². The normalized spacial score (nSPS) is 14.1. The predicted octanol–water partition coefficient (Wildman–Crippen LogP) is 0.765. The van der Waals surface area contributed by atoms with Gasteiger partial charge in [-0.3, -0.25) is 4.79 Å². The van der Waals surface area contributed by atoms with Crippen molar-refractivity contribution in [1.82, 2.24) is 10.6 Å². The van der Waals surface area contributed by atoms with Crippen LogP contribution >= 0.6 is 0 Å². The van der Waals surface area contributed by atoms with E-state index in [4.69, 9.17) is 10.5 Å². The standard InChI is InChI=1S/C13H15N3O2/c1-15-13(17)12-8-11(6-7-16-12)18-10-4-2-9(14)3-5-10/h2-6,8,16H,7,14H2,1H3,(H,15,17). The molecule has 0 saturated carbocycles.